The van der Waals surface area contributed by atoms with Crippen LogP contribution in [-0.2, 0) is 0 Å². The Kier molecular flexibility index (Phi) is 10.3. The lowest BCUT2D eigenvalue weighted by Gasteiger charge is -2.13. The van der Waals surface area contributed by atoms with Crippen molar-refractivity contribution in [3.8, 4) is 0 Å². The average Bonchev–Trinajstić information content (AvgIpc) is 2.30. The molecule has 3 heteroatoms. The van der Waals surface area contributed by atoms with Crippen molar-refractivity contribution in [1.29, 1.82) is 0 Å². The molecular formula is C13H28N2O. The van der Waals surface area contributed by atoms with Crippen LogP contribution in [0.3, 0.4) is 0 Å². The van der Waals surface area contributed by atoms with Gasteiger partial charge in [-0.3, -0.25) is 0 Å². The molecule has 0 heterocycles. The Morgan fingerprint density at radius 2 is 1.69 bits per heavy atom. The second-order valence-electron chi connectivity index (χ2n) is 4.38. The minimum atomic E-state index is -0.0107. The van der Waals surface area contributed by atoms with Crippen molar-refractivity contribution in [3.63, 3.8) is 0 Å². The van der Waals surface area contributed by atoms with Crippen LogP contribution in [-0.4, -0.2) is 19.1 Å². The smallest absolute Gasteiger partial charge is 0.314 e. The largest absolute Gasteiger partial charge is 0.338 e. The molecule has 0 unspecified atom stereocenters. The lowest BCUT2D eigenvalue weighted by molar-refractivity contribution is 0.238. The van der Waals surface area contributed by atoms with Crippen molar-refractivity contribution in [2.45, 2.75) is 59.3 Å². The molecule has 0 aromatic heterocycles. The molecule has 3 nitrogen and oxygen atoms in total. The average molecular weight is 228 g/mol. The molecule has 0 spiro atoms. The third kappa shape index (κ3) is 8.57. The minimum Gasteiger partial charge on any atom is -0.338 e. The normalized spacial score (nSPS) is 10.5. The third-order valence-corrected chi connectivity index (χ3v) is 3.02. The summed E-state index contributed by atoms with van der Waals surface area (Å²) in [5.41, 5.74) is 0. The van der Waals surface area contributed by atoms with E-state index in [0.717, 1.165) is 32.4 Å². The van der Waals surface area contributed by atoms with Crippen molar-refractivity contribution in [2.24, 2.45) is 5.92 Å². The van der Waals surface area contributed by atoms with Gasteiger partial charge in [0.15, 0.2) is 0 Å². The number of nitrogens with one attached hydrogen (secondary N) is 2. The lowest BCUT2D eigenvalue weighted by Crippen LogP contribution is -2.38. The molecule has 96 valence electrons. The number of rotatable bonds is 9. The van der Waals surface area contributed by atoms with Gasteiger partial charge in [-0.25, -0.2) is 4.79 Å². The van der Waals surface area contributed by atoms with Crippen LogP contribution in [0, 0.1) is 5.92 Å². The molecule has 2 N–H and O–H groups in total. The molecule has 0 radical (unpaired) electrons. The highest BCUT2D eigenvalue weighted by Gasteiger charge is 2.05. The van der Waals surface area contributed by atoms with Gasteiger partial charge in [0.05, 0.1) is 0 Å². The molecule has 0 rings (SSSR count). The van der Waals surface area contributed by atoms with Crippen LogP contribution in [0.4, 0.5) is 4.79 Å². The van der Waals surface area contributed by atoms with E-state index in [4.69, 9.17) is 0 Å². The first-order valence-corrected chi connectivity index (χ1v) is 6.76. The van der Waals surface area contributed by atoms with Gasteiger partial charge in [-0.05, 0) is 12.3 Å². The molecular weight excluding hydrogens is 200 g/mol. The first kappa shape index (κ1) is 15.3. The lowest BCUT2D eigenvalue weighted by atomic mass is 10.0. The first-order valence-electron chi connectivity index (χ1n) is 6.76. The van der Waals surface area contributed by atoms with Crippen LogP contribution in [0.15, 0.2) is 0 Å². The number of carbonyl (C=O) groups is 1. The second-order valence-corrected chi connectivity index (χ2v) is 4.38. The summed E-state index contributed by atoms with van der Waals surface area (Å²) in [4.78, 5) is 11.4. The van der Waals surface area contributed by atoms with Crippen molar-refractivity contribution in [2.75, 3.05) is 13.1 Å². The Morgan fingerprint density at radius 1 is 1.00 bits per heavy atom. The third-order valence-electron chi connectivity index (χ3n) is 3.02. The Hall–Kier alpha value is -0.730. The highest BCUT2D eigenvalue weighted by atomic mass is 16.2. The van der Waals surface area contributed by atoms with E-state index >= 15 is 0 Å². The summed E-state index contributed by atoms with van der Waals surface area (Å²) in [7, 11) is 0. The number of hydrogen-bond donors (Lipinski definition) is 2. The topological polar surface area (TPSA) is 41.1 Å². The van der Waals surface area contributed by atoms with E-state index < -0.39 is 0 Å². The number of urea groups is 1. The Morgan fingerprint density at radius 3 is 2.25 bits per heavy atom. The predicted octanol–water partition coefficient (Wildman–Crippen LogP) is 3.30. The molecule has 0 saturated heterocycles. The molecule has 0 bridgehead atoms. The first-order chi connectivity index (χ1) is 7.74. The van der Waals surface area contributed by atoms with E-state index in [1.807, 2.05) is 0 Å². The van der Waals surface area contributed by atoms with Crippen LogP contribution in [0.1, 0.15) is 59.3 Å². The summed E-state index contributed by atoms with van der Waals surface area (Å²) in [6.07, 6.45) is 7.06. The van der Waals surface area contributed by atoms with Crippen LogP contribution < -0.4 is 10.6 Å². The molecule has 0 aromatic carbocycles. The van der Waals surface area contributed by atoms with Gasteiger partial charge in [-0.2, -0.15) is 0 Å². The van der Waals surface area contributed by atoms with Gasteiger partial charge < -0.3 is 10.6 Å². The van der Waals surface area contributed by atoms with E-state index in [9.17, 15) is 4.79 Å². The number of unbranched alkanes of at least 4 members (excludes halogenated alkanes) is 3. The highest BCUT2D eigenvalue weighted by molar-refractivity contribution is 5.73. The van der Waals surface area contributed by atoms with Gasteiger partial charge in [0.25, 0.3) is 0 Å². The summed E-state index contributed by atoms with van der Waals surface area (Å²) in [5.74, 6) is 0.617. The van der Waals surface area contributed by atoms with E-state index in [2.05, 4.69) is 31.4 Å². The minimum absolute atomic E-state index is 0.0107. The summed E-state index contributed by atoms with van der Waals surface area (Å²) >= 11 is 0. The fourth-order valence-electron chi connectivity index (χ4n) is 1.63. The number of amides is 2. The fraction of sp³-hybridized carbons (Fsp3) is 0.923. The maximum absolute atomic E-state index is 11.4. The number of hydrogen-bond acceptors (Lipinski definition) is 1. The highest BCUT2D eigenvalue weighted by Crippen LogP contribution is 2.04. The summed E-state index contributed by atoms with van der Waals surface area (Å²) < 4.78 is 0. The zero-order valence-corrected chi connectivity index (χ0v) is 11.1. The van der Waals surface area contributed by atoms with Crippen molar-refractivity contribution in [1.82, 2.24) is 10.6 Å². The second kappa shape index (κ2) is 10.8. The van der Waals surface area contributed by atoms with Crippen LogP contribution >= 0.6 is 0 Å². The summed E-state index contributed by atoms with van der Waals surface area (Å²) in [6, 6.07) is -0.0107. The standard InChI is InChI=1S/C13H28N2O/c1-4-7-8-9-10-14-13(16)15-11-12(5-2)6-3/h12H,4-11H2,1-3H3,(H2,14,15,16). The van der Waals surface area contributed by atoms with Gasteiger partial charge in [0.2, 0.25) is 0 Å². The monoisotopic (exact) mass is 228 g/mol. The summed E-state index contributed by atoms with van der Waals surface area (Å²) in [5, 5.41) is 5.82. The molecule has 0 atom stereocenters. The van der Waals surface area contributed by atoms with Gasteiger partial charge in [-0.1, -0.05) is 52.9 Å². The molecule has 0 aromatic rings. The Bertz CT molecular complexity index is 167. The maximum Gasteiger partial charge on any atom is 0.314 e. The molecule has 0 aliphatic carbocycles. The van der Waals surface area contributed by atoms with E-state index in [-0.39, 0.29) is 6.03 Å². The number of carbonyl (C=O) groups excluding carboxylic acids is 1. The van der Waals surface area contributed by atoms with E-state index in [1.165, 1.54) is 19.3 Å². The van der Waals surface area contributed by atoms with Crippen LogP contribution in [0.2, 0.25) is 0 Å². The van der Waals surface area contributed by atoms with Gasteiger partial charge in [-0.15, -0.1) is 0 Å². The molecule has 2 amide bonds. The van der Waals surface area contributed by atoms with Crippen LogP contribution in [0.25, 0.3) is 0 Å². The summed E-state index contributed by atoms with van der Waals surface area (Å²) in [6.45, 7) is 8.12. The van der Waals surface area contributed by atoms with Crippen molar-refractivity contribution in [3.05, 3.63) is 0 Å². The van der Waals surface area contributed by atoms with Gasteiger partial charge >= 0.3 is 6.03 Å². The van der Waals surface area contributed by atoms with E-state index in [1.54, 1.807) is 0 Å². The fourth-order valence-corrected chi connectivity index (χ4v) is 1.63. The zero-order valence-electron chi connectivity index (χ0n) is 11.1. The Labute approximate surface area is 100 Å². The van der Waals surface area contributed by atoms with Crippen molar-refractivity contribution < 1.29 is 4.79 Å². The van der Waals surface area contributed by atoms with Crippen molar-refractivity contribution >= 4 is 6.03 Å². The maximum atomic E-state index is 11.4. The molecule has 0 aliphatic heterocycles. The Balaban J connectivity index is 3.37. The predicted molar refractivity (Wildman–Crippen MR) is 69.6 cm³/mol. The molecule has 0 fully saturated rings. The molecule has 0 aliphatic rings. The zero-order chi connectivity index (χ0) is 12.2. The molecule has 16 heavy (non-hydrogen) atoms. The van der Waals surface area contributed by atoms with E-state index in [0.29, 0.717) is 5.92 Å². The quantitative estimate of drug-likeness (QED) is 0.584. The van der Waals surface area contributed by atoms with Crippen LogP contribution in [0.5, 0.6) is 0 Å². The molecule has 0 saturated carbocycles. The SMILES string of the molecule is CCCCCCNC(=O)NCC(CC)CC. The van der Waals surface area contributed by atoms with Gasteiger partial charge in [0.1, 0.15) is 0 Å². The van der Waals surface area contributed by atoms with Gasteiger partial charge in [0, 0.05) is 13.1 Å².